The Morgan fingerprint density at radius 2 is 1.68 bits per heavy atom. The molecular weight excluding hydrogens is 388 g/mol. The van der Waals surface area contributed by atoms with Gasteiger partial charge in [-0.15, -0.1) is 0 Å². The molecule has 0 amide bonds. The van der Waals surface area contributed by atoms with Crippen molar-refractivity contribution in [2.75, 3.05) is 13.2 Å². The molecule has 0 bridgehead atoms. The van der Waals surface area contributed by atoms with Crippen LogP contribution in [0.4, 0.5) is 0 Å². The molecule has 3 aliphatic rings. The molecule has 1 aromatic carbocycles. The molecule has 0 aliphatic carbocycles. The van der Waals surface area contributed by atoms with E-state index in [1.165, 1.54) is 12.1 Å². The fraction of sp³-hybridized carbons (Fsp3) is 0.684. The minimum absolute atomic E-state index is 0.0795. The van der Waals surface area contributed by atoms with Gasteiger partial charge in [-0.05, 0) is 46.8 Å². The van der Waals surface area contributed by atoms with E-state index in [1.807, 2.05) is 6.92 Å². The Morgan fingerprint density at radius 1 is 1.00 bits per heavy atom. The third kappa shape index (κ3) is 3.60. The largest absolute Gasteiger partial charge is 0.347 e. The lowest BCUT2D eigenvalue weighted by Crippen LogP contribution is -2.61. The summed E-state index contributed by atoms with van der Waals surface area (Å²) in [5.74, 6) is -1.68. The maximum Gasteiger partial charge on any atom is 0.297 e. The van der Waals surface area contributed by atoms with Crippen LogP contribution >= 0.6 is 0 Å². The highest BCUT2D eigenvalue weighted by Crippen LogP contribution is 2.48. The van der Waals surface area contributed by atoms with Gasteiger partial charge in [0.25, 0.3) is 10.1 Å². The lowest BCUT2D eigenvalue weighted by Gasteiger charge is -2.45. The summed E-state index contributed by atoms with van der Waals surface area (Å²) in [7, 11) is -3.97. The van der Waals surface area contributed by atoms with Gasteiger partial charge in [-0.25, -0.2) is 0 Å². The molecule has 3 heterocycles. The minimum Gasteiger partial charge on any atom is -0.347 e. The first-order valence-electron chi connectivity index (χ1n) is 9.23. The fourth-order valence-corrected chi connectivity index (χ4v) is 4.65. The molecule has 0 saturated carbocycles. The standard InChI is InChI=1S/C19H26O8S/c1-12-6-8-13(9-7-12)28(20,21)23-11-19-10-22-17(2,3)25-15(19)14-16(27-19)26-18(4,5)24-14/h6-9,14-16H,10-11H2,1-5H3/t14-,15-,16+,19+/m1/s1. The van der Waals surface area contributed by atoms with Crippen molar-refractivity contribution in [3.8, 4) is 0 Å². The molecule has 156 valence electrons. The Kier molecular flexibility index (Phi) is 4.67. The van der Waals surface area contributed by atoms with Crippen LogP contribution in [-0.4, -0.2) is 57.3 Å². The Labute approximate surface area is 165 Å². The molecule has 0 radical (unpaired) electrons. The lowest BCUT2D eigenvalue weighted by molar-refractivity contribution is -0.351. The van der Waals surface area contributed by atoms with Crippen molar-refractivity contribution in [3.05, 3.63) is 29.8 Å². The van der Waals surface area contributed by atoms with Crippen molar-refractivity contribution in [2.24, 2.45) is 0 Å². The van der Waals surface area contributed by atoms with Gasteiger partial charge in [0, 0.05) is 0 Å². The van der Waals surface area contributed by atoms with Gasteiger partial charge in [-0.1, -0.05) is 17.7 Å². The van der Waals surface area contributed by atoms with E-state index in [9.17, 15) is 8.42 Å². The van der Waals surface area contributed by atoms with Gasteiger partial charge >= 0.3 is 0 Å². The van der Waals surface area contributed by atoms with Gasteiger partial charge in [-0.2, -0.15) is 8.42 Å². The zero-order valence-corrected chi connectivity index (χ0v) is 17.4. The van der Waals surface area contributed by atoms with E-state index < -0.39 is 45.8 Å². The topological polar surface area (TPSA) is 89.5 Å². The third-order valence-corrected chi connectivity index (χ3v) is 6.38. The normalized spacial score (nSPS) is 36.1. The van der Waals surface area contributed by atoms with Crippen LogP contribution in [0.5, 0.6) is 0 Å². The van der Waals surface area contributed by atoms with Crippen LogP contribution in [0.25, 0.3) is 0 Å². The van der Waals surface area contributed by atoms with Crippen LogP contribution in [-0.2, 0) is 38.0 Å². The molecule has 3 aliphatic heterocycles. The molecule has 3 fully saturated rings. The summed E-state index contributed by atoms with van der Waals surface area (Å²) < 4.78 is 60.3. The molecule has 0 aromatic heterocycles. The summed E-state index contributed by atoms with van der Waals surface area (Å²) in [4.78, 5) is 0.0795. The van der Waals surface area contributed by atoms with E-state index in [2.05, 4.69) is 0 Å². The van der Waals surface area contributed by atoms with E-state index >= 15 is 0 Å². The first kappa shape index (κ1) is 20.2. The van der Waals surface area contributed by atoms with Crippen molar-refractivity contribution in [3.63, 3.8) is 0 Å². The monoisotopic (exact) mass is 414 g/mol. The van der Waals surface area contributed by atoms with E-state index in [0.717, 1.165) is 5.56 Å². The maximum atomic E-state index is 12.6. The van der Waals surface area contributed by atoms with Crippen LogP contribution in [0.1, 0.15) is 33.3 Å². The molecule has 28 heavy (non-hydrogen) atoms. The van der Waals surface area contributed by atoms with Crippen molar-refractivity contribution in [1.82, 2.24) is 0 Å². The second kappa shape index (κ2) is 6.46. The van der Waals surface area contributed by atoms with Gasteiger partial charge in [0.1, 0.15) is 24.4 Å². The van der Waals surface area contributed by atoms with Crippen molar-refractivity contribution in [2.45, 2.75) is 75.2 Å². The molecule has 4 rings (SSSR count). The number of hydrogen-bond acceptors (Lipinski definition) is 8. The van der Waals surface area contributed by atoms with Crippen LogP contribution in [0.2, 0.25) is 0 Å². The predicted molar refractivity (Wildman–Crippen MR) is 96.9 cm³/mol. The van der Waals surface area contributed by atoms with Crippen molar-refractivity contribution < 1.29 is 36.3 Å². The molecule has 0 N–H and O–H groups in total. The first-order valence-corrected chi connectivity index (χ1v) is 10.6. The Bertz CT molecular complexity index is 847. The second-order valence-electron chi connectivity index (χ2n) is 8.41. The van der Waals surface area contributed by atoms with Crippen molar-refractivity contribution >= 4 is 10.1 Å². The molecule has 3 saturated heterocycles. The highest BCUT2D eigenvalue weighted by atomic mass is 32.2. The number of hydrogen-bond donors (Lipinski definition) is 0. The summed E-state index contributed by atoms with van der Waals surface area (Å²) in [6, 6.07) is 6.45. The minimum atomic E-state index is -3.97. The van der Waals surface area contributed by atoms with Gasteiger partial charge < -0.3 is 23.7 Å². The number of fused-ring (bicyclic) bond motifs is 3. The summed E-state index contributed by atoms with van der Waals surface area (Å²) in [5, 5.41) is 0. The number of aryl methyl sites for hydroxylation is 1. The molecule has 1 aromatic rings. The molecular formula is C19H26O8S. The van der Waals surface area contributed by atoms with Gasteiger partial charge in [0.2, 0.25) is 0 Å². The summed E-state index contributed by atoms with van der Waals surface area (Å²) >= 11 is 0. The average molecular weight is 414 g/mol. The number of benzene rings is 1. The Hall–Kier alpha value is -1.07. The SMILES string of the molecule is Cc1ccc(S(=O)(=O)OC[C@@]23COC(C)(C)O[C@@H]2[C@H]2OC(C)(C)O[C@H]2O3)cc1. The van der Waals surface area contributed by atoms with Crippen LogP contribution in [0.3, 0.4) is 0 Å². The van der Waals surface area contributed by atoms with Crippen LogP contribution in [0.15, 0.2) is 29.2 Å². The number of rotatable bonds is 4. The molecule has 8 nitrogen and oxygen atoms in total. The summed E-state index contributed by atoms with van der Waals surface area (Å²) in [5.41, 5.74) is -0.197. The second-order valence-corrected chi connectivity index (χ2v) is 10.0. The summed E-state index contributed by atoms with van der Waals surface area (Å²) in [6.07, 6.45) is -1.80. The highest BCUT2D eigenvalue weighted by molar-refractivity contribution is 7.86. The van der Waals surface area contributed by atoms with Gasteiger partial charge in [0.05, 0.1) is 11.5 Å². The molecule has 9 heteroatoms. The zero-order chi connectivity index (χ0) is 20.4. The Morgan fingerprint density at radius 3 is 2.36 bits per heavy atom. The fourth-order valence-electron chi connectivity index (χ4n) is 3.69. The van der Waals surface area contributed by atoms with Gasteiger partial charge in [-0.3, -0.25) is 4.18 Å². The average Bonchev–Trinajstić information content (AvgIpc) is 3.03. The van der Waals surface area contributed by atoms with Crippen molar-refractivity contribution in [1.29, 1.82) is 0 Å². The smallest absolute Gasteiger partial charge is 0.297 e. The van der Waals surface area contributed by atoms with E-state index in [1.54, 1.807) is 39.8 Å². The zero-order valence-electron chi connectivity index (χ0n) is 16.6. The van der Waals surface area contributed by atoms with E-state index in [-0.39, 0.29) is 18.1 Å². The number of ether oxygens (including phenoxy) is 5. The maximum absolute atomic E-state index is 12.6. The molecule has 0 unspecified atom stereocenters. The Balaban J connectivity index is 1.56. The van der Waals surface area contributed by atoms with Gasteiger partial charge in [0.15, 0.2) is 17.9 Å². The van der Waals surface area contributed by atoms with E-state index in [0.29, 0.717) is 0 Å². The van der Waals surface area contributed by atoms with Crippen LogP contribution < -0.4 is 0 Å². The lowest BCUT2D eigenvalue weighted by atomic mass is 9.95. The molecule has 0 spiro atoms. The highest BCUT2D eigenvalue weighted by Gasteiger charge is 2.66. The van der Waals surface area contributed by atoms with E-state index in [4.69, 9.17) is 27.9 Å². The summed E-state index contributed by atoms with van der Waals surface area (Å²) in [6.45, 7) is 8.85. The predicted octanol–water partition coefficient (Wildman–Crippen LogP) is 2.10. The molecule has 4 atom stereocenters. The quantitative estimate of drug-likeness (QED) is 0.692. The third-order valence-electron chi connectivity index (χ3n) is 5.10. The first-order chi connectivity index (χ1) is 12.9. The van der Waals surface area contributed by atoms with Crippen LogP contribution in [0, 0.1) is 6.92 Å².